The third-order valence-corrected chi connectivity index (χ3v) is 4.13. The van der Waals surface area contributed by atoms with Gasteiger partial charge in [-0.3, -0.25) is 0 Å². The molecule has 0 unspecified atom stereocenters. The predicted octanol–water partition coefficient (Wildman–Crippen LogP) is 2.42. The molecule has 2 aliphatic rings. The Morgan fingerprint density at radius 2 is 1.78 bits per heavy atom. The molecule has 2 rings (SSSR count). The number of hydrogen-bond donors (Lipinski definition) is 2. The zero-order valence-electron chi connectivity index (χ0n) is 11.7. The van der Waals surface area contributed by atoms with Crippen molar-refractivity contribution >= 4 is 6.09 Å². The Morgan fingerprint density at radius 3 is 2.28 bits per heavy atom. The van der Waals surface area contributed by atoms with Crippen molar-refractivity contribution in [1.29, 1.82) is 0 Å². The highest BCUT2D eigenvalue weighted by Gasteiger charge is 2.38. The van der Waals surface area contributed by atoms with Crippen LogP contribution in [0.2, 0.25) is 0 Å². The highest BCUT2D eigenvalue weighted by Crippen LogP contribution is 2.39. The molecule has 0 aliphatic heterocycles. The molecule has 0 aromatic carbocycles. The van der Waals surface area contributed by atoms with Gasteiger partial charge in [0, 0.05) is 12.1 Å². The monoisotopic (exact) mass is 254 g/mol. The molecule has 18 heavy (non-hydrogen) atoms. The molecule has 2 bridgehead atoms. The summed E-state index contributed by atoms with van der Waals surface area (Å²) in [7, 11) is 0. The number of carbonyl (C=O) groups excluding carboxylic acids is 1. The van der Waals surface area contributed by atoms with Crippen LogP contribution in [-0.2, 0) is 4.74 Å². The van der Waals surface area contributed by atoms with E-state index in [0.29, 0.717) is 17.9 Å². The minimum atomic E-state index is -0.426. The lowest BCUT2D eigenvalue weighted by Gasteiger charge is -2.44. The summed E-state index contributed by atoms with van der Waals surface area (Å²) in [6, 6.07) is 0.588. The number of carbonyl (C=O) groups is 1. The van der Waals surface area contributed by atoms with E-state index in [0.717, 1.165) is 12.8 Å². The van der Waals surface area contributed by atoms with Gasteiger partial charge in [0.05, 0.1) is 0 Å². The van der Waals surface area contributed by atoms with Crippen LogP contribution < -0.4 is 11.1 Å². The van der Waals surface area contributed by atoms with E-state index in [9.17, 15) is 4.79 Å². The van der Waals surface area contributed by atoms with Crippen molar-refractivity contribution in [3.63, 3.8) is 0 Å². The number of hydrogen-bond acceptors (Lipinski definition) is 3. The second-order valence-electron chi connectivity index (χ2n) is 6.84. The van der Waals surface area contributed by atoms with Gasteiger partial charge in [-0.15, -0.1) is 0 Å². The Balaban J connectivity index is 1.86. The molecule has 2 fully saturated rings. The van der Waals surface area contributed by atoms with Crippen molar-refractivity contribution in [2.75, 3.05) is 0 Å². The minimum absolute atomic E-state index is 0.245. The van der Waals surface area contributed by atoms with Crippen molar-refractivity contribution < 1.29 is 9.53 Å². The van der Waals surface area contributed by atoms with Gasteiger partial charge in [0.15, 0.2) is 0 Å². The van der Waals surface area contributed by atoms with Crippen molar-refractivity contribution in [2.24, 2.45) is 17.6 Å². The zero-order valence-corrected chi connectivity index (χ0v) is 11.7. The first-order valence-corrected chi connectivity index (χ1v) is 7.10. The number of nitrogens with two attached hydrogens (primary N) is 1. The fourth-order valence-corrected chi connectivity index (χ4v) is 3.38. The lowest BCUT2D eigenvalue weighted by atomic mass is 9.67. The molecule has 0 radical (unpaired) electrons. The van der Waals surface area contributed by atoms with E-state index in [1.807, 2.05) is 20.8 Å². The minimum Gasteiger partial charge on any atom is -0.444 e. The van der Waals surface area contributed by atoms with Gasteiger partial charge in [0.1, 0.15) is 5.60 Å². The molecule has 4 nitrogen and oxygen atoms in total. The molecule has 1 amide bonds. The van der Waals surface area contributed by atoms with Gasteiger partial charge in [-0.1, -0.05) is 6.42 Å². The van der Waals surface area contributed by atoms with E-state index >= 15 is 0 Å². The van der Waals surface area contributed by atoms with Crippen molar-refractivity contribution in [2.45, 2.75) is 70.6 Å². The molecule has 0 aromatic rings. The van der Waals surface area contributed by atoms with Crippen LogP contribution in [0.15, 0.2) is 0 Å². The highest BCUT2D eigenvalue weighted by molar-refractivity contribution is 5.68. The van der Waals surface area contributed by atoms with Gasteiger partial charge in [-0.25, -0.2) is 4.79 Å². The Bertz CT molecular complexity index is 297. The van der Waals surface area contributed by atoms with E-state index in [1.165, 1.54) is 19.3 Å². The van der Waals surface area contributed by atoms with Crippen LogP contribution in [0.1, 0.15) is 52.9 Å². The second kappa shape index (κ2) is 5.08. The van der Waals surface area contributed by atoms with Crippen LogP contribution in [0.3, 0.4) is 0 Å². The normalized spacial score (nSPS) is 36.0. The maximum absolute atomic E-state index is 11.8. The summed E-state index contributed by atoms with van der Waals surface area (Å²) < 4.78 is 5.31. The second-order valence-corrected chi connectivity index (χ2v) is 6.84. The SMILES string of the molecule is CC(C)(C)OC(=O)NC1C[C@H]2CCC[C@H](C1)C2N. The van der Waals surface area contributed by atoms with E-state index in [4.69, 9.17) is 10.5 Å². The Hall–Kier alpha value is -0.770. The maximum atomic E-state index is 11.8. The smallest absolute Gasteiger partial charge is 0.407 e. The fraction of sp³-hybridized carbons (Fsp3) is 0.929. The molecule has 4 heteroatoms. The molecule has 104 valence electrons. The lowest BCUT2D eigenvalue weighted by molar-refractivity contribution is 0.0436. The molecular weight excluding hydrogens is 228 g/mol. The first-order valence-electron chi connectivity index (χ1n) is 7.10. The summed E-state index contributed by atoms with van der Waals surface area (Å²) in [6.07, 6.45) is 5.45. The lowest BCUT2D eigenvalue weighted by Crippen LogP contribution is -2.52. The largest absolute Gasteiger partial charge is 0.444 e. The van der Waals surface area contributed by atoms with Gasteiger partial charge >= 0.3 is 6.09 Å². The number of rotatable bonds is 1. The average Bonchev–Trinajstić information content (AvgIpc) is 2.16. The van der Waals surface area contributed by atoms with Gasteiger partial charge in [0.25, 0.3) is 0 Å². The molecular formula is C14H26N2O2. The molecule has 2 saturated carbocycles. The number of alkyl carbamates (subject to hydrolysis) is 1. The molecule has 2 aliphatic carbocycles. The van der Waals surface area contributed by atoms with Gasteiger partial charge < -0.3 is 15.8 Å². The summed E-state index contributed by atoms with van der Waals surface area (Å²) in [6.45, 7) is 5.66. The zero-order chi connectivity index (χ0) is 13.3. The quantitative estimate of drug-likeness (QED) is 0.755. The molecule has 0 aromatic heterocycles. The van der Waals surface area contributed by atoms with Gasteiger partial charge in [-0.2, -0.15) is 0 Å². The summed E-state index contributed by atoms with van der Waals surface area (Å²) in [5, 5.41) is 3.01. The average molecular weight is 254 g/mol. The molecule has 2 atom stereocenters. The topological polar surface area (TPSA) is 64.3 Å². The first-order chi connectivity index (χ1) is 8.35. The van der Waals surface area contributed by atoms with E-state index in [1.54, 1.807) is 0 Å². The number of ether oxygens (including phenoxy) is 1. The first kappa shape index (κ1) is 13.7. The van der Waals surface area contributed by atoms with Crippen LogP contribution in [0.5, 0.6) is 0 Å². The summed E-state index contributed by atoms with van der Waals surface area (Å²) in [5.74, 6) is 1.16. The molecule has 0 heterocycles. The van der Waals surface area contributed by atoms with Crippen molar-refractivity contribution in [1.82, 2.24) is 5.32 Å². The maximum Gasteiger partial charge on any atom is 0.407 e. The van der Waals surface area contributed by atoms with Crippen LogP contribution in [0.4, 0.5) is 4.79 Å². The molecule has 0 spiro atoms. The van der Waals surface area contributed by atoms with E-state index < -0.39 is 5.60 Å². The van der Waals surface area contributed by atoms with Gasteiger partial charge in [0.2, 0.25) is 0 Å². The van der Waals surface area contributed by atoms with Crippen molar-refractivity contribution in [3.05, 3.63) is 0 Å². The summed E-state index contributed by atoms with van der Waals surface area (Å²) >= 11 is 0. The Morgan fingerprint density at radius 1 is 1.22 bits per heavy atom. The van der Waals surface area contributed by atoms with Crippen LogP contribution in [0.25, 0.3) is 0 Å². The van der Waals surface area contributed by atoms with Gasteiger partial charge in [-0.05, 0) is 58.3 Å². The van der Waals surface area contributed by atoms with Crippen LogP contribution >= 0.6 is 0 Å². The Kier molecular flexibility index (Phi) is 3.85. The third-order valence-electron chi connectivity index (χ3n) is 4.13. The van der Waals surface area contributed by atoms with Crippen LogP contribution in [0, 0.1) is 11.8 Å². The fourth-order valence-electron chi connectivity index (χ4n) is 3.38. The standard InChI is InChI=1S/C14H26N2O2/c1-14(2,3)18-13(17)16-11-7-9-5-4-6-10(8-11)12(9)15/h9-12H,4-8,15H2,1-3H3,(H,16,17)/t9-,10-,11?,12?/m1/s1. The molecule has 0 saturated heterocycles. The number of fused-ring (bicyclic) bond motifs is 2. The summed E-state index contributed by atoms with van der Waals surface area (Å²) in [4.78, 5) is 11.8. The highest BCUT2D eigenvalue weighted by atomic mass is 16.6. The van der Waals surface area contributed by atoms with E-state index in [2.05, 4.69) is 5.32 Å². The third kappa shape index (κ3) is 3.37. The number of nitrogens with one attached hydrogen (secondary N) is 1. The molecule has 3 N–H and O–H groups in total. The van der Waals surface area contributed by atoms with E-state index in [-0.39, 0.29) is 12.1 Å². The predicted molar refractivity (Wildman–Crippen MR) is 71.2 cm³/mol. The number of amides is 1. The summed E-state index contributed by atoms with van der Waals surface area (Å²) in [5.41, 5.74) is 5.81. The van der Waals surface area contributed by atoms with Crippen LogP contribution in [-0.4, -0.2) is 23.8 Å². The Labute approximate surface area is 110 Å². The van der Waals surface area contributed by atoms with Crippen molar-refractivity contribution in [3.8, 4) is 0 Å².